The maximum Gasteiger partial charge on any atom is 0.304 e. The monoisotopic (exact) mass is 508 g/mol. The van der Waals surface area contributed by atoms with Gasteiger partial charge in [-0.2, -0.15) is 12.7 Å². The molecule has 0 unspecified atom stereocenters. The van der Waals surface area contributed by atoms with Crippen molar-refractivity contribution in [3.63, 3.8) is 0 Å². The molecule has 2 aromatic carbocycles. The molecule has 0 fully saturated rings. The number of hydrogen-bond acceptors (Lipinski definition) is 5. The van der Waals surface area contributed by atoms with E-state index in [0.29, 0.717) is 15.6 Å². The number of para-hydroxylation sites is 1. The molecule has 0 spiro atoms. The van der Waals surface area contributed by atoms with Crippen LogP contribution >= 0.6 is 0 Å². The first-order valence-corrected chi connectivity index (χ1v) is 12.5. The molecule has 2 aromatic rings. The number of nitrogens with zero attached hydrogens (tertiary/aromatic N) is 3. The Morgan fingerprint density at radius 3 is 2.29 bits per heavy atom. The molecule has 9 nitrogen and oxygen atoms in total. The number of ether oxygens (including phenoxy) is 1. The van der Waals surface area contributed by atoms with Crippen molar-refractivity contribution in [2.24, 2.45) is 0 Å². The van der Waals surface area contributed by atoms with E-state index in [1.807, 2.05) is 0 Å². The van der Waals surface area contributed by atoms with Gasteiger partial charge in [0.1, 0.15) is 24.2 Å². The Hall–Kier alpha value is -3.18. The highest BCUT2D eigenvalue weighted by molar-refractivity contribution is 7.90. The number of hydrogen-bond donors (Lipinski definition) is 1. The van der Waals surface area contributed by atoms with E-state index >= 15 is 0 Å². The fourth-order valence-electron chi connectivity index (χ4n) is 3.31. The van der Waals surface area contributed by atoms with Gasteiger partial charge in [-0.05, 0) is 50.6 Å². The maximum absolute atomic E-state index is 14.6. The number of amides is 2. The van der Waals surface area contributed by atoms with E-state index in [4.69, 9.17) is 4.74 Å². The Kier molecular flexibility index (Phi) is 9.61. The van der Waals surface area contributed by atoms with Gasteiger partial charge >= 0.3 is 10.2 Å². The molecule has 2 rings (SSSR count). The molecule has 0 radical (unpaired) electrons. The molecule has 0 aliphatic carbocycles. The van der Waals surface area contributed by atoms with Crippen LogP contribution in [-0.4, -0.2) is 69.3 Å². The van der Waals surface area contributed by atoms with Crippen LogP contribution in [0, 0.1) is 5.82 Å². The lowest BCUT2D eigenvalue weighted by Gasteiger charge is -2.33. The molecular formula is C24H33FN4O5S. The second kappa shape index (κ2) is 12.0. The highest BCUT2D eigenvalue weighted by Crippen LogP contribution is 2.24. The van der Waals surface area contributed by atoms with E-state index in [0.717, 1.165) is 10.4 Å². The van der Waals surface area contributed by atoms with E-state index in [1.165, 1.54) is 44.3 Å². The predicted molar refractivity (Wildman–Crippen MR) is 133 cm³/mol. The summed E-state index contributed by atoms with van der Waals surface area (Å²) in [7, 11) is -0.136. The Morgan fingerprint density at radius 2 is 1.71 bits per heavy atom. The van der Waals surface area contributed by atoms with Gasteiger partial charge in [-0.1, -0.05) is 24.3 Å². The molecule has 0 heterocycles. The SMILES string of the molecule is COc1cccc(CN(C(=O)CN(c2ccccc2F)S(=O)(=O)N(C)C)[C@@H](C)C(=O)NC(C)C)c1. The Morgan fingerprint density at radius 1 is 1.06 bits per heavy atom. The summed E-state index contributed by atoms with van der Waals surface area (Å²) in [6.45, 7) is 4.45. The number of anilines is 1. The lowest BCUT2D eigenvalue weighted by Crippen LogP contribution is -2.53. The Bertz CT molecular complexity index is 1140. The van der Waals surface area contributed by atoms with Crippen LogP contribution in [0.25, 0.3) is 0 Å². The normalized spacial score (nSPS) is 12.4. The van der Waals surface area contributed by atoms with E-state index in [9.17, 15) is 22.4 Å². The zero-order chi connectivity index (χ0) is 26.3. The number of rotatable bonds is 11. The minimum absolute atomic E-state index is 0.00976. The number of nitrogens with one attached hydrogen (secondary N) is 1. The third kappa shape index (κ3) is 7.15. The highest BCUT2D eigenvalue weighted by Gasteiger charge is 2.33. The van der Waals surface area contributed by atoms with Crippen molar-refractivity contribution >= 4 is 27.7 Å². The fourth-order valence-corrected chi connectivity index (χ4v) is 4.38. The van der Waals surface area contributed by atoms with Crippen molar-refractivity contribution in [1.29, 1.82) is 0 Å². The molecule has 0 aliphatic rings. The summed E-state index contributed by atoms with van der Waals surface area (Å²) in [6, 6.07) is 11.2. The third-order valence-electron chi connectivity index (χ3n) is 5.23. The van der Waals surface area contributed by atoms with Crippen LogP contribution in [0.4, 0.5) is 10.1 Å². The molecule has 1 N–H and O–H groups in total. The van der Waals surface area contributed by atoms with Gasteiger partial charge in [0.2, 0.25) is 11.8 Å². The molecule has 11 heteroatoms. The van der Waals surface area contributed by atoms with Gasteiger partial charge in [-0.3, -0.25) is 9.59 Å². The number of methoxy groups -OCH3 is 1. The lowest BCUT2D eigenvalue weighted by molar-refractivity contribution is -0.139. The van der Waals surface area contributed by atoms with Crippen LogP contribution in [0.2, 0.25) is 0 Å². The van der Waals surface area contributed by atoms with Crippen LogP contribution in [0.5, 0.6) is 5.75 Å². The second-order valence-electron chi connectivity index (χ2n) is 8.46. The van der Waals surface area contributed by atoms with Crippen molar-refractivity contribution in [1.82, 2.24) is 14.5 Å². The van der Waals surface area contributed by atoms with Crippen molar-refractivity contribution < 1.29 is 27.1 Å². The quantitative estimate of drug-likeness (QED) is 0.503. The summed E-state index contributed by atoms with van der Waals surface area (Å²) in [5.74, 6) is -1.30. The zero-order valence-electron chi connectivity index (χ0n) is 20.9. The van der Waals surface area contributed by atoms with Gasteiger partial charge < -0.3 is 15.0 Å². The van der Waals surface area contributed by atoms with Gasteiger partial charge in [0.05, 0.1) is 12.8 Å². The first-order chi connectivity index (χ1) is 16.4. The summed E-state index contributed by atoms with van der Waals surface area (Å²) < 4.78 is 47.6. The average Bonchev–Trinajstić information content (AvgIpc) is 2.80. The molecule has 192 valence electrons. The summed E-state index contributed by atoms with van der Waals surface area (Å²) in [4.78, 5) is 27.6. The van der Waals surface area contributed by atoms with Crippen LogP contribution in [0.1, 0.15) is 26.3 Å². The van der Waals surface area contributed by atoms with Gasteiger partial charge in [0.15, 0.2) is 0 Å². The molecule has 0 aromatic heterocycles. The summed E-state index contributed by atoms with van der Waals surface area (Å²) in [6.07, 6.45) is 0. The molecule has 1 atom stereocenters. The maximum atomic E-state index is 14.6. The first-order valence-electron chi connectivity index (χ1n) is 11.1. The molecule has 0 saturated heterocycles. The van der Waals surface area contributed by atoms with Crippen molar-refractivity contribution in [2.45, 2.75) is 39.4 Å². The van der Waals surface area contributed by atoms with Crippen LogP contribution < -0.4 is 14.4 Å². The third-order valence-corrected chi connectivity index (χ3v) is 7.03. The minimum Gasteiger partial charge on any atom is -0.497 e. The van der Waals surface area contributed by atoms with Gasteiger partial charge in [0, 0.05) is 26.7 Å². The van der Waals surface area contributed by atoms with Gasteiger partial charge in [-0.25, -0.2) is 8.70 Å². The summed E-state index contributed by atoms with van der Waals surface area (Å²) >= 11 is 0. The van der Waals surface area contributed by atoms with Crippen LogP contribution in [0.15, 0.2) is 48.5 Å². The van der Waals surface area contributed by atoms with Gasteiger partial charge in [0.25, 0.3) is 0 Å². The summed E-state index contributed by atoms with van der Waals surface area (Å²) in [5.41, 5.74) is 0.407. The van der Waals surface area contributed by atoms with E-state index in [2.05, 4.69) is 5.32 Å². The molecular weight excluding hydrogens is 475 g/mol. The molecule has 0 saturated carbocycles. The van der Waals surface area contributed by atoms with Crippen molar-refractivity contribution in [3.8, 4) is 5.75 Å². The lowest BCUT2D eigenvalue weighted by atomic mass is 10.1. The predicted octanol–water partition coefficient (Wildman–Crippen LogP) is 2.39. The first kappa shape index (κ1) is 28.1. The molecule has 0 aliphatic heterocycles. The Balaban J connectivity index is 2.49. The van der Waals surface area contributed by atoms with E-state index < -0.39 is 40.4 Å². The van der Waals surface area contributed by atoms with E-state index in [1.54, 1.807) is 45.0 Å². The number of benzene rings is 2. The Labute approximate surface area is 206 Å². The second-order valence-corrected chi connectivity index (χ2v) is 10.5. The van der Waals surface area contributed by atoms with Gasteiger partial charge in [-0.15, -0.1) is 0 Å². The van der Waals surface area contributed by atoms with Crippen molar-refractivity contribution in [2.75, 3.05) is 32.1 Å². The molecule has 2 amide bonds. The standard InChI is InChI=1S/C24H33FN4O5S/c1-17(2)26-24(31)18(3)28(15-19-10-9-11-20(14-19)34-6)23(30)16-29(35(32,33)27(4)5)22-13-8-7-12-21(22)25/h7-14,17-18H,15-16H2,1-6H3,(H,26,31)/t18-/m0/s1. The topological polar surface area (TPSA) is 99.3 Å². The van der Waals surface area contributed by atoms with Crippen LogP contribution in [0.3, 0.4) is 0 Å². The highest BCUT2D eigenvalue weighted by atomic mass is 32.2. The smallest absolute Gasteiger partial charge is 0.304 e. The average molecular weight is 509 g/mol. The fraction of sp³-hybridized carbons (Fsp3) is 0.417. The number of halogens is 1. The number of carbonyl (C=O) groups is 2. The van der Waals surface area contributed by atoms with E-state index in [-0.39, 0.29) is 18.3 Å². The van der Waals surface area contributed by atoms with Crippen LogP contribution in [-0.2, 0) is 26.3 Å². The molecule has 35 heavy (non-hydrogen) atoms. The minimum atomic E-state index is -4.23. The molecule has 0 bridgehead atoms. The van der Waals surface area contributed by atoms with Crippen molar-refractivity contribution in [3.05, 3.63) is 59.9 Å². The number of carbonyl (C=O) groups excluding carboxylic acids is 2. The largest absolute Gasteiger partial charge is 0.497 e. The zero-order valence-corrected chi connectivity index (χ0v) is 21.7. The summed E-state index contributed by atoms with van der Waals surface area (Å²) in [5, 5.41) is 2.77.